The van der Waals surface area contributed by atoms with Gasteiger partial charge in [0.1, 0.15) is 0 Å². The maximum Gasteiger partial charge on any atom is 0.230 e. The van der Waals surface area contributed by atoms with E-state index in [1.54, 1.807) is 11.8 Å². The second-order valence-corrected chi connectivity index (χ2v) is 6.18. The van der Waals surface area contributed by atoms with Gasteiger partial charge in [0.15, 0.2) is 0 Å². The monoisotopic (exact) mass is 294 g/mol. The van der Waals surface area contributed by atoms with Crippen molar-refractivity contribution in [3.63, 3.8) is 0 Å². The first-order valence-electron chi connectivity index (χ1n) is 7.26. The highest BCUT2D eigenvalue weighted by Gasteiger charge is 2.08. The molecular weight excluding hydrogens is 268 g/mol. The Kier molecular flexibility index (Phi) is 7.70. The average Bonchev–Trinajstić information content (AvgIpc) is 2.44. The molecule has 2 unspecified atom stereocenters. The van der Waals surface area contributed by atoms with Gasteiger partial charge in [-0.1, -0.05) is 25.5 Å². The van der Waals surface area contributed by atoms with Crippen molar-refractivity contribution in [3.05, 3.63) is 29.8 Å². The number of rotatable bonds is 8. The number of carbonyl (C=O) groups excluding carboxylic acids is 1. The molecule has 0 aromatic heterocycles. The van der Waals surface area contributed by atoms with Gasteiger partial charge in [0.05, 0.1) is 5.75 Å². The van der Waals surface area contributed by atoms with E-state index in [4.69, 9.17) is 0 Å². The third kappa shape index (κ3) is 5.97. The summed E-state index contributed by atoms with van der Waals surface area (Å²) in [6, 6.07) is 8.95. The highest BCUT2D eigenvalue weighted by molar-refractivity contribution is 8.00. The van der Waals surface area contributed by atoms with Crippen molar-refractivity contribution in [3.8, 4) is 0 Å². The maximum absolute atomic E-state index is 11.8. The van der Waals surface area contributed by atoms with Gasteiger partial charge in [-0.05, 0) is 45.0 Å². The molecule has 3 nitrogen and oxygen atoms in total. The van der Waals surface area contributed by atoms with Crippen LogP contribution in [-0.2, 0) is 4.79 Å². The fourth-order valence-electron chi connectivity index (χ4n) is 2.01. The fourth-order valence-corrected chi connectivity index (χ4v) is 2.79. The van der Waals surface area contributed by atoms with Crippen LogP contribution in [0.1, 0.15) is 45.2 Å². The van der Waals surface area contributed by atoms with Crippen molar-refractivity contribution in [2.75, 3.05) is 12.8 Å². The van der Waals surface area contributed by atoms with Crippen LogP contribution in [0.3, 0.4) is 0 Å². The van der Waals surface area contributed by atoms with Crippen LogP contribution < -0.4 is 10.6 Å². The summed E-state index contributed by atoms with van der Waals surface area (Å²) in [7, 11) is 1.95. The van der Waals surface area contributed by atoms with E-state index in [2.05, 4.69) is 49.6 Å². The molecule has 1 aromatic rings. The first-order valence-corrected chi connectivity index (χ1v) is 8.24. The molecule has 20 heavy (non-hydrogen) atoms. The maximum atomic E-state index is 11.8. The summed E-state index contributed by atoms with van der Waals surface area (Å²) in [5.74, 6) is 0.592. The van der Waals surface area contributed by atoms with E-state index < -0.39 is 0 Å². The van der Waals surface area contributed by atoms with Gasteiger partial charge < -0.3 is 10.6 Å². The summed E-state index contributed by atoms with van der Waals surface area (Å²) in [5.41, 5.74) is 1.25. The van der Waals surface area contributed by atoms with Crippen LogP contribution in [0.15, 0.2) is 29.2 Å². The average molecular weight is 294 g/mol. The molecule has 0 heterocycles. The van der Waals surface area contributed by atoms with Gasteiger partial charge in [0.2, 0.25) is 5.91 Å². The standard InChI is InChI=1S/C16H26N2OS/c1-5-7-12(2)18-16(19)11-20-15-9-6-8-14(10-15)13(3)17-4/h6,8-10,12-13,17H,5,7,11H2,1-4H3,(H,18,19). The van der Waals surface area contributed by atoms with Crippen molar-refractivity contribution in [2.45, 2.75) is 50.6 Å². The Balaban J connectivity index is 2.47. The first kappa shape index (κ1) is 17.1. The SMILES string of the molecule is CCCC(C)NC(=O)CSc1cccc(C(C)NC)c1. The van der Waals surface area contributed by atoms with E-state index >= 15 is 0 Å². The van der Waals surface area contributed by atoms with Crippen molar-refractivity contribution in [2.24, 2.45) is 0 Å². The molecule has 0 aliphatic rings. The van der Waals surface area contributed by atoms with Crippen LogP contribution >= 0.6 is 11.8 Å². The molecule has 2 N–H and O–H groups in total. The quantitative estimate of drug-likeness (QED) is 0.722. The van der Waals surface area contributed by atoms with Gasteiger partial charge in [0, 0.05) is 17.0 Å². The van der Waals surface area contributed by atoms with Gasteiger partial charge in [-0.15, -0.1) is 11.8 Å². The van der Waals surface area contributed by atoms with Crippen molar-refractivity contribution < 1.29 is 4.79 Å². The Hall–Kier alpha value is -1.00. The summed E-state index contributed by atoms with van der Waals surface area (Å²) in [4.78, 5) is 13.0. The first-order chi connectivity index (χ1) is 9.56. The number of amides is 1. The lowest BCUT2D eigenvalue weighted by atomic mass is 10.1. The largest absolute Gasteiger partial charge is 0.353 e. The zero-order valence-electron chi connectivity index (χ0n) is 12.9. The van der Waals surface area contributed by atoms with E-state index in [0.29, 0.717) is 11.8 Å². The second-order valence-electron chi connectivity index (χ2n) is 5.13. The number of carbonyl (C=O) groups is 1. The van der Waals surface area contributed by atoms with Gasteiger partial charge >= 0.3 is 0 Å². The third-order valence-corrected chi connectivity index (χ3v) is 4.28. The van der Waals surface area contributed by atoms with Gasteiger partial charge in [-0.2, -0.15) is 0 Å². The number of thioether (sulfide) groups is 1. The number of nitrogens with one attached hydrogen (secondary N) is 2. The molecule has 0 aliphatic heterocycles. The summed E-state index contributed by atoms with van der Waals surface area (Å²) < 4.78 is 0. The molecule has 4 heteroatoms. The molecule has 0 saturated heterocycles. The normalized spacial score (nSPS) is 13.8. The molecule has 0 aliphatic carbocycles. The molecule has 0 radical (unpaired) electrons. The van der Waals surface area contributed by atoms with Gasteiger partial charge in [-0.3, -0.25) is 4.79 Å². The zero-order chi connectivity index (χ0) is 15.0. The predicted molar refractivity (Wildman–Crippen MR) is 87.2 cm³/mol. The molecule has 1 rings (SSSR count). The zero-order valence-corrected chi connectivity index (χ0v) is 13.7. The van der Waals surface area contributed by atoms with Crippen LogP contribution in [0.5, 0.6) is 0 Å². The molecule has 1 amide bonds. The summed E-state index contributed by atoms with van der Waals surface area (Å²) >= 11 is 1.59. The van der Waals surface area contributed by atoms with Crippen LogP contribution in [0.4, 0.5) is 0 Å². The number of hydrogen-bond donors (Lipinski definition) is 2. The van der Waals surface area contributed by atoms with E-state index in [9.17, 15) is 4.79 Å². The van der Waals surface area contributed by atoms with Crippen molar-refractivity contribution in [1.29, 1.82) is 0 Å². The summed E-state index contributed by atoms with van der Waals surface area (Å²) in [5, 5.41) is 6.25. The Bertz CT molecular complexity index is 423. The lowest BCUT2D eigenvalue weighted by Gasteiger charge is -2.13. The molecule has 0 bridgehead atoms. The van der Waals surface area contributed by atoms with E-state index in [-0.39, 0.29) is 11.9 Å². The fraction of sp³-hybridized carbons (Fsp3) is 0.562. The minimum absolute atomic E-state index is 0.114. The van der Waals surface area contributed by atoms with E-state index in [1.807, 2.05) is 13.1 Å². The minimum Gasteiger partial charge on any atom is -0.353 e. The molecule has 1 aromatic carbocycles. The van der Waals surface area contributed by atoms with Crippen LogP contribution in [0.25, 0.3) is 0 Å². The molecule has 0 saturated carbocycles. The van der Waals surface area contributed by atoms with Gasteiger partial charge in [-0.25, -0.2) is 0 Å². The van der Waals surface area contributed by atoms with Crippen LogP contribution in [0, 0.1) is 0 Å². The van der Waals surface area contributed by atoms with E-state index in [1.165, 1.54) is 5.56 Å². The van der Waals surface area contributed by atoms with Gasteiger partial charge in [0.25, 0.3) is 0 Å². The Morgan fingerprint density at radius 1 is 1.35 bits per heavy atom. The minimum atomic E-state index is 0.114. The Morgan fingerprint density at radius 3 is 2.75 bits per heavy atom. The molecular formula is C16H26N2OS. The second kappa shape index (κ2) is 9.03. The smallest absolute Gasteiger partial charge is 0.230 e. The summed E-state index contributed by atoms with van der Waals surface area (Å²) in [6.07, 6.45) is 2.13. The summed E-state index contributed by atoms with van der Waals surface area (Å²) in [6.45, 7) is 6.32. The van der Waals surface area contributed by atoms with Crippen molar-refractivity contribution in [1.82, 2.24) is 10.6 Å². The van der Waals surface area contributed by atoms with Crippen LogP contribution in [0.2, 0.25) is 0 Å². The predicted octanol–water partition coefficient (Wildman–Crippen LogP) is 3.36. The van der Waals surface area contributed by atoms with E-state index in [0.717, 1.165) is 17.7 Å². The highest BCUT2D eigenvalue weighted by Crippen LogP contribution is 2.22. The Labute approximate surface area is 126 Å². The Morgan fingerprint density at radius 2 is 2.10 bits per heavy atom. The number of hydrogen-bond acceptors (Lipinski definition) is 3. The highest BCUT2D eigenvalue weighted by atomic mass is 32.2. The number of benzene rings is 1. The van der Waals surface area contributed by atoms with Crippen LogP contribution in [-0.4, -0.2) is 24.7 Å². The molecule has 0 spiro atoms. The lowest BCUT2D eigenvalue weighted by molar-refractivity contribution is -0.119. The molecule has 0 fully saturated rings. The molecule has 2 atom stereocenters. The van der Waals surface area contributed by atoms with Crippen molar-refractivity contribution >= 4 is 17.7 Å². The third-order valence-electron chi connectivity index (χ3n) is 3.29. The lowest BCUT2D eigenvalue weighted by Crippen LogP contribution is -2.33. The topological polar surface area (TPSA) is 41.1 Å². The molecule has 112 valence electrons.